The fraction of sp³-hybridized carbons (Fsp3) is 0. The first-order chi connectivity index (χ1) is 11.3. The van der Waals surface area contributed by atoms with Crippen molar-refractivity contribution in [2.45, 2.75) is 0 Å². The summed E-state index contributed by atoms with van der Waals surface area (Å²) >= 11 is 0. The summed E-state index contributed by atoms with van der Waals surface area (Å²) in [6.45, 7) is 0. The minimum atomic E-state index is -1.12. The Hall–Kier alpha value is -3.89. The lowest BCUT2D eigenvalue weighted by Gasteiger charge is -2.12. The molecule has 11 heteroatoms. The van der Waals surface area contributed by atoms with Gasteiger partial charge in [-0.1, -0.05) is 18.2 Å². The average molecular weight is 332 g/mol. The monoisotopic (exact) mass is 332 g/mol. The molecule has 0 fully saturated rings. The van der Waals surface area contributed by atoms with Crippen LogP contribution in [0.3, 0.4) is 0 Å². The summed E-state index contributed by atoms with van der Waals surface area (Å²) in [6, 6.07) is 9.32. The Bertz CT molecular complexity index is 837. The summed E-state index contributed by atoms with van der Waals surface area (Å²) in [4.78, 5) is 43.5. The Kier molecular flexibility index (Phi) is 4.45. The second-order valence-corrected chi connectivity index (χ2v) is 4.41. The van der Waals surface area contributed by atoms with Gasteiger partial charge in [0.1, 0.15) is 0 Å². The molecule has 0 heterocycles. The van der Waals surface area contributed by atoms with E-state index in [1.165, 1.54) is 24.3 Å². The van der Waals surface area contributed by atoms with Gasteiger partial charge in [0.2, 0.25) is 0 Å². The molecule has 0 bridgehead atoms. The van der Waals surface area contributed by atoms with Gasteiger partial charge in [-0.3, -0.25) is 25.0 Å². The van der Waals surface area contributed by atoms with Crippen LogP contribution in [0.5, 0.6) is 0 Å². The fourth-order valence-electron chi connectivity index (χ4n) is 1.93. The number of hydrazine groups is 1. The van der Waals surface area contributed by atoms with Crippen molar-refractivity contribution in [1.29, 1.82) is 0 Å². The predicted octanol–water partition coefficient (Wildman–Crippen LogP) is 2.34. The van der Waals surface area contributed by atoms with Gasteiger partial charge in [0.25, 0.3) is 5.69 Å². The molecule has 2 rings (SSSR count). The van der Waals surface area contributed by atoms with E-state index in [9.17, 15) is 35.1 Å². The van der Waals surface area contributed by atoms with E-state index < -0.39 is 37.8 Å². The first-order valence-electron chi connectivity index (χ1n) is 6.29. The smallest absolute Gasteiger partial charge is 0.262 e. The van der Waals surface area contributed by atoms with Gasteiger partial charge in [-0.05, 0) is 23.2 Å². The SMILES string of the molecule is O=C(c1ccccc1)N(c1ccc([N+](=O)[O-])cc1[N+](=O)[O-])[N+](=O)[O-]. The van der Waals surface area contributed by atoms with Crippen molar-refractivity contribution in [2.24, 2.45) is 0 Å². The third-order valence-electron chi connectivity index (χ3n) is 2.97. The topological polar surface area (TPSA) is 150 Å². The zero-order chi connectivity index (χ0) is 17.9. The number of nitro benzene ring substituents is 2. The second kappa shape index (κ2) is 6.48. The molecule has 1 amide bonds. The van der Waals surface area contributed by atoms with Gasteiger partial charge < -0.3 is 0 Å². The van der Waals surface area contributed by atoms with E-state index >= 15 is 0 Å². The van der Waals surface area contributed by atoms with E-state index in [4.69, 9.17) is 0 Å². The molecule has 2 aromatic carbocycles. The van der Waals surface area contributed by atoms with Crippen LogP contribution in [0.1, 0.15) is 10.4 Å². The maximum atomic E-state index is 12.3. The van der Waals surface area contributed by atoms with Crippen LogP contribution in [-0.4, -0.2) is 20.8 Å². The molecule has 0 atom stereocenters. The van der Waals surface area contributed by atoms with Gasteiger partial charge in [0, 0.05) is 11.6 Å². The lowest BCUT2D eigenvalue weighted by Crippen LogP contribution is -2.36. The van der Waals surface area contributed by atoms with Gasteiger partial charge >= 0.3 is 11.6 Å². The number of benzene rings is 2. The van der Waals surface area contributed by atoms with Gasteiger partial charge in [0.15, 0.2) is 10.7 Å². The number of non-ortho nitro benzene ring substituents is 1. The normalized spacial score (nSPS) is 10.0. The molecule has 0 spiro atoms. The van der Waals surface area contributed by atoms with Crippen LogP contribution >= 0.6 is 0 Å². The molecule has 0 saturated carbocycles. The molecule has 0 aliphatic carbocycles. The molecule has 0 unspecified atom stereocenters. The summed E-state index contributed by atoms with van der Waals surface area (Å²) in [5, 5.41) is 31.9. The zero-order valence-electron chi connectivity index (χ0n) is 11.8. The average Bonchev–Trinajstić information content (AvgIpc) is 2.55. The number of rotatable bonds is 5. The molecule has 122 valence electrons. The molecular weight excluding hydrogens is 324 g/mol. The van der Waals surface area contributed by atoms with E-state index in [1.807, 2.05) is 0 Å². The number of nitrogens with zero attached hydrogens (tertiary/aromatic N) is 4. The standard InChI is InChI=1S/C13H8N4O7/c18-13(9-4-2-1-3-5-9)14(17(23)24)11-7-6-10(15(19)20)8-12(11)16(21)22/h1-8H. The van der Waals surface area contributed by atoms with Crippen molar-refractivity contribution in [3.63, 3.8) is 0 Å². The van der Waals surface area contributed by atoms with Gasteiger partial charge in [-0.15, -0.1) is 0 Å². The van der Waals surface area contributed by atoms with E-state index in [1.54, 1.807) is 6.07 Å². The maximum absolute atomic E-state index is 12.3. The van der Waals surface area contributed by atoms with Crippen LogP contribution in [0, 0.1) is 30.3 Å². The lowest BCUT2D eigenvalue weighted by molar-refractivity contribution is -0.483. The van der Waals surface area contributed by atoms with Crippen molar-refractivity contribution in [1.82, 2.24) is 0 Å². The maximum Gasteiger partial charge on any atom is 0.320 e. The number of amides is 1. The van der Waals surface area contributed by atoms with Crippen molar-refractivity contribution in [3.8, 4) is 0 Å². The largest absolute Gasteiger partial charge is 0.320 e. The molecule has 2 aromatic rings. The Balaban J connectivity index is 2.60. The lowest BCUT2D eigenvalue weighted by atomic mass is 10.2. The van der Waals surface area contributed by atoms with Crippen LogP contribution < -0.4 is 5.01 Å². The van der Waals surface area contributed by atoms with E-state index in [0.717, 1.165) is 12.1 Å². The summed E-state index contributed by atoms with van der Waals surface area (Å²) in [5.74, 6) is -1.11. The van der Waals surface area contributed by atoms with E-state index in [2.05, 4.69) is 0 Å². The van der Waals surface area contributed by atoms with Gasteiger partial charge in [0.05, 0.1) is 15.9 Å². The summed E-state index contributed by atoms with van der Waals surface area (Å²) in [7, 11) is 0. The van der Waals surface area contributed by atoms with Crippen molar-refractivity contribution in [3.05, 3.63) is 84.4 Å². The first kappa shape index (κ1) is 16.5. The van der Waals surface area contributed by atoms with E-state index in [0.29, 0.717) is 6.07 Å². The molecule has 0 N–H and O–H groups in total. The Labute approximate surface area is 133 Å². The summed E-state index contributed by atoms with van der Waals surface area (Å²) < 4.78 is 0. The second-order valence-electron chi connectivity index (χ2n) is 4.41. The summed E-state index contributed by atoms with van der Waals surface area (Å²) in [5.41, 5.74) is -2.29. The molecule has 11 nitrogen and oxygen atoms in total. The van der Waals surface area contributed by atoms with Crippen molar-refractivity contribution < 1.29 is 19.7 Å². The molecular formula is C13H8N4O7. The van der Waals surface area contributed by atoms with Crippen LogP contribution in [-0.2, 0) is 0 Å². The number of hydrogen-bond acceptors (Lipinski definition) is 7. The molecule has 0 aliphatic heterocycles. The van der Waals surface area contributed by atoms with E-state index in [-0.39, 0.29) is 10.6 Å². The fourth-order valence-corrected chi connectivity index (χ4v) is 1.93. The van der Waals surface area contributed by atoms with Gasteiger partial charge in [-0.2, -0.15) is 0 Å². The van der Waals surface area contributed by atoms with Gasteiger partial charge in [-0.25, -0.2) is 10.1 Å². The molecule has 0 aromatic heterocycles. The molecule has 0 aliphatic rings. The highest BCUT2D eigenvalue weighted by Crippen LogP contribution is 2.32. The quantitative estimate of drug-likeness (QED) is 0.602. The predicted molar refractivity (Wildman–Crippen MR) is 80.0 cm³/mol. The number of carbonyl (C=O) groups excluding carboxylic acids is 1. The number of nitro groups is 3. The van der Waals surface area contributed by atoms with Crippen LogP contribution in [0.4, 0.5) is 17.1 Å². The highest BCUT2D eigenvalue weighted by Gasteiger charge is 2.35. The highest BCUT2D eigenvalue weighted by atomic mass is 16.7. The van der Waals surface area contributed by atoms with Crippen molar-refractivity contribution in [2.75, 3.05) is 5.01 Å². The number of hydrogen-bond donors (Lipinski definition) is 0. The third-order valence-corrected chi connectivity index (χ3v) is 2.97. The van der Waals surface area contributed by atoms with Crippen LogP contribution in [0.25, 0.3) is 0 Å². The first-order valence-corrected chi connectivity index (χ1v) is 6.29. The Morgan fingerprint density at radius 3 is 2.00 bits per heavy atom. The number of carbonyl (C=O) groups is 1. The van der Waals surface area contributed by atoms with Crippen LogP contribution in [0.2, 0.25) is 0 Å². The summed E-state index contributed by atoms with van der Waals surface area (Å²) in [6.07, 6.45) is 0. The third kappa shape index (κ3) is 3.14. The molecule has 0 saturated heterocycles. The molecule has 0 radical (unpaired) electrons. The number of anilines is 1. The Morgan fingerprint density at radius 2 is 1.50 bits per heavy atom. The van der Waals surface area contributed by atoms with Crippen LogP contribution in [0.15, 0.2) is 48.5 Å². The minimum absolute atomic E-state index is 0.0167. The highest BCUT2D eigenvalue weighted by molar-refractivity contribution is 6.05. The minimum Gasteiger partial charge on any atom is -0.262 e. The Morgan fingerprint density at radius 1 is 0.875 bits per heavy atom. The molecule has 24 heavy (non-hydrogen) atoms. The van der Waals surface area contributed by atoms with Crippen molar-refractivity contribution >= 4 is 23.0 Å². The zero-order valence-corrected chi connectivity index (χ0v) is 11.8.